The summed E-state index contributed by atoms with van der Waals surface area (Å²) in [5.41, 5.74) is 0.437. The van der Waals surface area contributed by atoms with Gasteiger partial charge in [0.15, 0.2) is 0 Å². The van der Waals surface area contributed by atoms with Gasteiger partial charge in [-0.3, -0.25) is 0 Å². The molecule has 1 aliphatic heterocycles. The summed E-state index contributed by atoms with van der Waals surface area (Å²) in [7, 11) is 1.54. The van der Waals surface area contributed by atoms with Crippen LogP contribution in [0.25, 0.3) is 0 Å². The van der Waals surface area contributed by atoms with Crippen LogP contribution in [0.2, 0.25) is 5.02 Å². The number of ether oxygens (including phenoxy) is 2. The van der Waals surface area contributed by atoms with Gasteiger partial charge in [-0.05, 0) is 17.6 Å². The molecular formula is C15H17ClN2O3S. The van der Waals surface area contributed by atoms with Crippen molar-refractivity contribution in [1.82, 2.24) is 9.69 Å². The van der Waals surface area contributed by atoms with Gasteiger partial charge >= 0.3 is 0 Å². The van der Waals surface area contributed by atoms with Crippen molar-refractivity contribution in [3.05, 3.63) is 39.7 Å². The Kier molecular flexibility index (Phi) is 4.54. The number of hydrogen-bond acceptors (Lipinski definition) is 6. The fourth-order valence-electron chi connectivity index (χ4n) is 2.64. The van der Waals surface area contributed by atoms with E-state index in [1.165, 1.54) is 11.5 Å². The van der Waals surface area contributed by atoms with E-state index < -0.39 is 5.54 Å². The minimum Gasteiger partial charge on any atom is -0.493 e. The second-order valence-electron chi connectivity index (χ2n) is 5.12. The molecule has 0 fully saturated rings. The molecule has 118 valence electrons. The van der Waals surface area contributed by atoms with Crippen molar-refractivity contribution < 1.29 is 14.6 Å². The van der Waals surface area contributed by atoms with Gasteiger partial charge < -0.3 is 19.9 Å². The van der Waals surface area contributed by atoms with Crippen molar-refractivity contribution in [3.8, 4) is 11.6 Å². The zero-order valence-electron chi connectivity index (χ0n) is 12.1. The minimum atomic E-state index is -0.532. The van der Waals surface area contributed by atoms with Gasteiger partial charge in [-0.2, -0.15) is 4.37 Å². The molecule has 0 spiro atoms. The Morgan fingerprint density at radius 2 is 2.32 bits per heavy atom. The van der Waals surface area contributed by atoms with E-state index >= 15 is 0 Å². The Labute approximate surface area is 138 Å². The van der Waals surface area contributed by atoms with Gasteiger partial charge in [-0.1, -0.05) is 29.8 Å². The molecule has 0 amide bonds. The highest BCUT2D eigenvalue weighted by Crippen LogP contribution is 2.38. The molecule has 1 unspecified atom stereocenters. The van der Waals surface area contributed by atoms with Crippen LogP contribution in [0.4, 0.5) is 0 Å². The molecule has 3 rings (SSSR count). The third kappa shape index (κ3) is 2.67. The minimum absolute atomic E-state index is 0.0130. The zero-order chi connectivity index (χ0) is 15.6. The van der Waals surface area contributed by atoms with Gasteiger partial charge in [0, 0.05) is 18.5 Å². The van der Waals surface area contributed by atoms with E-state index in [0.29, 0.717) is 30.5 Å². The molecule has 1 aliphatic rings. The summed E-state index contributed by atoms with van der Waals surface area (Å²) in [5, 5.41) is 14.0. The van der Waals surface area contributed by atoms with Crippen LogP contribution in [-0.2, 0) is 12.1 Å². The molecule has 7 heteroatoms. The molecule has 0 bridgehead atoms. The number of aliphatic hydroxyl groups is 1. The number of para-hydroxylation sites is 1. The van der Waals surface area contributed by atoms with Crippen LogP contribution in [0, 0.1) is 0 Å². The number of fused-ring (bicyclic) bond motifs is 1. The fraction of sp³-hybridized carbons (Fsp3) is 0.400. The van der Waals surface area contributed by atoms with E-state index in [2.05, 4.69) is 9.69 Å². The second kappa shape index (κ2) is 6.42. The van der Waals surface area contributed by atoms with E-state index in [4.69, 9.17) is 21.1 Å². The summed E-state index contributed by atoms with van der Waals surface area (Å²) >= 11 is 7.52. The second-order valence-corrected chi connectivity index (χ2v) is 6.35. The number of hydrogen-bond donors (Lipinski definition) is 2. The summed E-state index contributed by atoms with van der Waals surface area (Å²) in [6.07, 6.45) is 0.689. The largest absolute Gasteiger partial charge is 0.493 e. The van der Waals surface area contributed by atoms with Gasteiger partial charge in [0.05, 0.1) is 30.7 Å². The van der Waals surface area contributed by atoms with Crippen molar-refractivity contribution in [2.24, 2.45) is 0 Å². The van der Waals surface area contributed by atoms with E-state index in [1.54, 1.807) is 7.11 Å². The molecule has 1 aromatic heterocycles. The number of methoxy groups -OCH3 is 1. The first-order valence-corrected chi connectivity index (χ1v) is 8.11. The van der Waals surface area contributed by atoms with E-state index in [1.807, 2.05) is 24.3 Å². The van der Waals surface area contributed by atoms with E-state index in [-0.39, 0.29) is 6.61 Å². The van der Waals surface area contributed by atoms with Crippen LogP contribution < -0.4 is 14.8 Å². The number of nitrogens with zero attached hydrogens (tertiary/aromatic N) is 1. The lowest BCUT2D eigenvalue weighted by molar-refractivity contribution is 0.106. The SMILES string of the molecule is COc1nsc(CNC2(CO)CCOc3ccccc32)c1Cl. The van der Waals surface area contributed by atoms with Crippen LogP contribution in [0.1, 0.15) is 16.9 Å². The van der Waals surface area contributed by atoms with Crippen molar-refractivity contribution in [1.29, 1.82) is 0 Å². The summed E-state index contributed by atoms with van der Waals surface area (Å²) < 4.78 is 14.9. The number of aromatic nitrogens is 1. The Bertz CT molecular complexity index is 664. The predicted octanol–water partition coefficient (Wildman–Crippen LogP) is 2.57. The number of benzene rings is 1. The first-order valence-electron chi connectivity index (χ1n) is 6.96. The van der Waals surface area contributed by atoms with E-state index in [9.17, 15) is 5.11 Å². The standard InChI is InChI=1S/C15H17ClN2O3S/c1-20-14-13(16)12(22-18-14)8-17-15(9-19)6-7-21-11-5-3-2-4-10(11)15/h2-5,17,19H,6-9H2,1H3. The molecule has 2 N–H and O–H groups in total. The smallest absolute Gasteiger partial charge is 0.244 e. The average molecular weight is 341 g/mol. The number of halogens is 1. The molecule has 2 heterocycles. The van der Waals surface area contributed by atoms with Crippen LogP contribution in [0.15, 0.2) is 24.3 Å². The maximum absolute atomic E-state index is 10.00. The average Bonchev–Trinajstić information content (AvgIpc) is 2.93. The molecule has 0 saturated carbocycles. The Morgan fingerprint density at radius 1 is 1.50 bits per heavy atom. The summed E-state index contributed by atoms with van der Waals surface area (Å²) in [4.78, 5) is 0.885. The number of rotatable bonds is 5. The molecule has 5 nitrogen and oxygen atoms in total. The zero-order valence-corrected chi connectivity index (χ0v) is 13.7. The van der Waals surface area contributed by atoms with Crippen molar-refractivity contribution in [2.45, 2.75) is 18.5 Å². The van der Waals surface area contributed by atoms with Gasteiger partial charge in [0.25, 0.3) is 0 Å². The first kappa shape index (κ1) is 15.6. The Morgan fingerprint density at radius 3 is 3.05 bits per heavy atom. The quantitative estimate of drug-likeness (QED) is 0.876. The lowest BCUT2D eigenvalue weighted by Crippen LogP contribution is -2.48. The third-order valence-corrected chi connectivity index (χ3v) is 5.24. The maximum Gasteiger partial charge on any atom is 0.244 e. The van der Waals surface area contributed by atoms with Crippen LogP contribution in [0.3, 0.4) is 0 Å². The van der Waals surface area contributed by atoms with Gasteiger partial charge in [0.2, 0.25) is 5.88 Å². The van der Waals surface area contributed by atoms with Crippen molar-refractivity contribution in [2.75, 3.05) is 20.3 Å². The number of nitrogens with one attached hydrogen (secondary N) is 1. The highest BCUT2D eigenvalue weighted by molar-refractivity contribution is 7.06. The molecule has 2 aromatic rings. The molecule has 1 aromatic carbocycles. The Hall–Kier alpha value is -1.34. The maximum atomic E-state index is 10.00. The highest BCUT2D eigenvalue weighted by atomic mass is 35.5. The van der Waals surface area contributed by atoms with Gasteiger partial charge in [0.1, 0.15) is 10.8 Å². The van der Waals surface area contributed by atoms with Crippen LogP contribution in [-0.4, -0.2) is 29.8 Å². The highest BCUT2D eigenvalue weighted by Gasteiger charge is 2.37. The summed E-state index contributed by atoms with van der Waals surface area (Å²) in [6.45, 7) is 1.06. The monoisotopic (exact) mass is 340 g/mol. The fourth-order valence-corrected chi connectivity index (χ4v) is 3.65. The van der Waals surface area contributed by atoms with Crippen LogP contribution >= 0.6 is 23.1 Å². The van der Waals surface area contributed by atoms with Crippen molar-refractivity contribution in [3.63, 3.8) is 0 Å². The number of aliphatic hydroxyl groups excluding tert-OH is 1. The predicted molar refractivity (Wildman–Crippen MR) is 85.8 cm³/mol. The normalized spacial score (nSPS) is 20.3. The van der Waals surface area contributed by atoms with E-state index in [0.717, 1.165) is 16.2 Å². The summed E-state index contributed by atoms with van der Waals surface area (Å²) in [6, 6.07) is 7.77. The van der Waals surface area contributed by atoms with Gasteiger partial charge in [-0.15, -0.1) is 0 Å². The first-order chi connectivity index (χ1) is 10.7. The summed E-state index contributed by atoms with van der Waals surface area (Å²) in [5.74, 6) is 1.25. The topological polar surface area (TPSA) is 63.6 Å². The third-order valence-electron chi connectivity index (χ3n) is 3.91. The molecular weight excluding hydrogens is 324 g/mol. The lowest BCUT2D eigenvalue weighted by atomic mass is 9.85. The molecule has 22 heavy (non-hydrogen) atoms. The Balaban J connectivity index is 1.84. The van der Waals surface area contributed by atoms with Gasteiger partial charge in [-0.25, -0.2) is 0 Å². The molecule has 0 saturated heterocycles. The van der Waals surface area contributed by atoms with Crippen molar-refractivity contribution >= 4 is 23.1 Å². The lowest BCUT2D eigenvalue weighted by Gasteiger charge is -2.38. The van der Waals surface area contributed by atoms with Crippen LogP contribution in [0.5, 0.6) is 11.6 Å². The molecule has 0 aliphatic carbocycles. The molecule has 1 atom stereocenters. The molecule has 0 radical (unpaired) electrons.